The van der Waals surface area contributed by atoms with Crippen molar-refractivity contribution in [1.82, 2.24) is 0 Å². The zero-order valence-corrected chi connectivity index (χ0v) is 5.56. The Balaban J connectivity index is 2.34. The fourth-order valence-corrected chi connectivity index (χ4v) is 0.866. The Morgan fingerprint density at radius 2 is 2.33 bits per heavy atom. The molecule has 0 aromatic carbocycles. The Kier molecular flexibility index (Phi) is 6.28. The van der Waals surface area contributed by atoms with E-state index in [2.05, 4.69) is 6.92 Å². The summed E-state index contributed by atoms with van der Waals surface area (Å²) in [7, 11) is 0. The summed E-state index contributed by atoms with van der Waals surface area (Å²) < 4.78 is 4.82. The first kappa shape index (κ1) is 6.66. The van der Waals surface area contributed by atoms with E-state index in [1.165, 1.54) is 24.1 Å². The van der Waals surface area contributed by atoms with Crippen LogP contribution in [0.3, 0.4) is 0 Å². The fourth-order valence-electron chi connectivity index (χ4n) is 0.0962. The summed E-state index contributed by atoms with van der Waals surface area (Å²) in [5, 5.41) is 0. The molecule has 0 fully saturated rings. The van der Waals surface area contributed by atoms with Gasteiger partial charge in [-0.25, -0.2) is 3.63 Å². The Morgan fingerprint density at radius 1 is 1.67 bits per heavy atom. The topological polar surface area (TPSA) is 9.23 Å². The van der Waals surface area contributed by atoms with Crippen molar-refractivity contribution in [3.8, 4) is 0 Å². The highest BCUT2D eigenvalue weighted by Crippen LogP contribution is 2.09. The van der Waals surface area contributed by atoms with E-state index < -0.39 is 0 Å². The van der Waals surface area contributed by atoms with Gasteiger partial charge in [-0.15, -0.1) is 0 Å². The predicted molar refractivity (Wildman–Crippen MR) is 32.7 cm³/mol. The maximum atomic E-state index is 4.82. The van der Waals surface area contributed by atoms with Crippen LogP contribution >= 0.6 is 24.1 Å². The van der Waals surface area contributed by atoms with E-state index in [0.717, 1.165) is 5.75 Å². The summed E-state index contributed by atoms with van der Waals surface area (Å²) in [6.45, 7) is 2.06. The van der Waals surface area contributed by atoms with Crippen molar-refractivity contribution >= 4 is 24.1 Å². The Bertz CT molecular complexity index is 20.8. The van der Waals surface area contributed by atoms with Gasteiger partial charge in [0.2, 0.25) is 0 Å². The van der Waals surface area contributed by atoms with Crippen molar-refractivity contribution in [3.05, 3.63) is 0 Å². The highest BCUT2D eigenvalue weighted by atomic mass is 32.2. The molecule has 0 radical (unpaired) electrons. The van der Waals surface area contributed by atoms with E-state index in [4.69, 9.17) is 3.63 Å². The molecule has 0 amide bonds. The van der Waals surface area contributed by atoms with Gasteiger partial charge < -0.3 is 0 Å². The van der Waals surface area contributed by atoms with Crippen LogP contribution in [-0.4, -0.2) is 12.0 Å². The predicted octanol–water partition coefficient (Wildman–Crippen LogP) is 1.95. The molecule has 0 aromatic rings. The summed E-state index contributed by atoms with van der Waals surface area (Å²) >= 11 is 2.86. The van der Waals surface area contributed by atoms with Crippen molar-refractivity contribution in [2.75, 3.05) is 12.0 Å². The monoisotopic (exact) mass is 124 g/mol. The lowest BCUT2D eigenvalue weighted by molar-refractivity contribution is 0.764. The number of hydrogen-bond acceptors (Lipinski definition) is 3. The summed E-state index contributed by atoms with van der Waals surface area (Å²) in [5.74, 6) is 1.03. The van der Waals surface area contributed by atoms with Crippen LogP contribution in [0.2, 0.25) is 0 Å². The first-order valence-corrected chi connectivity index (χ1v) is 3.80. The second-order valence-corrected chi connectivity index (χ2v) is 2.33. The van der Waals surface area contributed by atoms with Gasteiger partial charge in [0, 0.05) is 36.1 Å². The molecule has 0 heterocycles. The average Bonchev–Trinajstić information content (AvgIpc) is 1.61. The smallest absolute Gasteiger partial charge is 0.0182 e. The van der Waals surface area contributed by atoms with E-state index in [0.29, 0.717) is 0 Å². The third kappa shape index (κ3) is 4.66. The van der Waals surface area contributed by atoms with Gasteiger partial charge in [0.1, 0.15) is 0 Å². The minimum absolute atomic E-state index is 1.03. The van der Waals surface area contributed by atoms with Gasteiger partial charge in [-0.05, 0) is 0 Å². The van der Waals surface area contributed by atoms with Crippen LogP contribution in [-0.2, 0) is 3.63 Å². The van der Waals surface area contributed by atoms with E-state index in [9.17, 15) is 0 Å². The normalized spacial score (nSPS) is 9.00. The van der Waals surface area contributed by atoms with E-state index in [-0.39, 0.29) is 0 Å². The zero-order valence-electron chi connectivity index (χ0n) is 3.93. The van der Waals surface area contributed by atoms with E-state index >= 15 is 0 Å². The highest BCUT2D eigenvalue weighted by molar-refractivity contribution is 8.07. The first-order chi connectivity index (χ1) is 2.91. The van der Waals surface area contributed by atoms with Gasteiger partial charge in [0.15, 0.2) is 0 Å². The third-order valence-corrected chi connectivity index (χ3v) is 1.40. The van der Waals surface area contributed by atoms with E-state index in [1.54, 1.807) is 0 Å². The third-order valence-electron chi connectivity index (χ3n) is 0.234. The lowest BCUT2D eigenvalue weighted by Crippen LogP contribution is -1.62. The molecule has 0 atom stereocenters. The maximum Gasteiger partial charge on any atom is 0.0182 e. The average molecular weight is 124 g/mol. The molecule has 0 spiro atoms. The molecular weight excluding hydrogens is 116 g/mol. The number of rotatable bonds is 3. The molecule has 0 saturated carbocycles. The summed E-state index contributed by atoms with van der Waals surface area (Å²) in [4.78, 5) is 0. The number of hydrogen-bond donors (Lipinski definition) is 0. The van der Waals surface area contributed by atoms with Crippen molar-refractivity contribution in [3.63, 3.8) is 0 Å². The second kappa shape index (κ2) is 5.66. The van der Waals surface area contributed by atoms with Gasteiger partial charge in [-0.1, -0.05) is 6.92 Å². The molecule has 0 rings (SSSR count). The molecule has 1 nitrogen and oxygen atoms in total. The molecular formula is C3H8OS2. The molecule has 0 N–H and O–H groups in total. The molecule has 0 bridgehead atoms. The van der Waals surface area contributed by atoms with Crippen LogP contribution in [0.25, 0.3) is 0 Å². The van der Waals surface area contributed by atoms with Crippen LogP contribution in [0.5, 0.6) is 0 Å². The van der Waals surface area contributed by atoms with Crippen LogP contribution in [0.15, 0.2) is 0 Å². The molecule has 3 heteroatoms. The van der Waals surface area contributed by atoms with Crippen LogP contribution < -0.4 is 0 Å². The second-order valence-electron chi connectivity index (χ2n) is 0.641. The summed E-state index contributed by atoms with van der Waals surface area (Å²) in [5.41, 5.74) is 0. The SMILES string of the molecule is CCSOSC. The molecule has 0 aliphatic carbocycles. The molecule has 0 aromatic heterocycles. The van der Waals surface area contributed by atoms with Crippen LogP contribution in [0, 0.1) is 0 Å². The lowest BCUT2D eigenvalue weighted by atomic mass is 11.0. The van der Waals surface area contributed by atoms with Gasteiger partial charge in [0.05, 0.1) is 0 Å². The van der Waals surface area contributed by atoms with Gasteiger partial charge in [-0.2, -0.15) is 0 Å². The van der Waals surface area contributed by atoms with Crippen LogP contribution in [0.1, 0.15) is 6.92 Å². The quantitative estimate of drug-likeness (QED) is 0.420. The minimum Gasteiger partial charge on any atom is -0.248 e. The Labute approximate surface area is 47.2 Å². The zero-order chi connectivity index (χ0) is 4.83. The summed E-state index contributed by atoms with van der Waals surface area (Å²) in [6.07, 6.45) is 1.91. The van der Waals surface area contributed by atoms with Crippen molar-refractivity contribution in [2.24, 2.45) is 0 Å². The lowest BCUT2D eigenvalue weighted by Gasteiger charge is -1.87. The van der Waals surface area contributed by atoms with E-state index in [1.807, 2.05) is 6.26 Å². The minimum atomic E-state index is 1.03. The largest absolute Gasteiger partial charge is 0.248 e. The fraction of sp³-hybridized carbons (Fsp3) is 1.00. The Morgan fingerprint density at radius 3 is 2.50 bits per heavy atom. The highest BCUT2D eigenvalue weighted by Gasteiger charge is 1.75. The molecule has 38 valence electrons. The first-order valence-electron chi connectivity index (χ1n) is 1.74. The summed E-state index contributed by atoms with van der Waals surface area (Å²) in [6, 6.07) is 0. The van der Waals surface area contributed by atoms with Crippen molar-refractivity contribution in [2.45, 2.75) is 6.92 Å². The molecule has 0 aliphatic heterocycles. The molecule has 0 saturated heterocycles. The molecule has 0 aliphatic rings. The van der Waals surface area contributed by atoms with Gasteiger partial charge in [0.25, 0.3) is 0 Å². The Hall–Kier alpha value is 0.660. The van der Waals surface area contributed by atoms with Crippen molar-refractivity contribution < 1.29 is 3.63 Å². The molecule has 0 unspecified atom stereocenters. The van der Waals surface area contributed by atoms with Crippen LogP contribution in [0.4, 0.5) is 0 Å². The maximum absolute atomic E-state index is 4.82. The standard InChI is InChI=1S/C3H8OS2/c1-3-6-4-5-2/h3H2,1-2H3. The van der Waals surface area contributed by atoms with Gasteiger partial charge in [-0.3, -0.25) is 0 Å². The van der Waals surface area contributed by atoms with Gasteiger partial charge >= 0.3 is 0 Å². The molecule has 6 heavy (non-hydrogen) atoms. The van der Waals surface area contributed by atoms with Crippen molar-refractivity contribution in [1.29, 1.82) is 0 Å².